The van der Waals surface area contributed by atoms with E-state index in [9.17, 15) is 9.59 Å². The topological polar surface area (TPSA) is 73.9 Å². The maximum Gasteiger partial charge on any atom is 0.238 e. The lowest BCUT2D eigenvalue weighted by atomic mass is 10.3. The van der Waals surface area contributed by atoms with E-state index in [0.717, 1.165) is 11.4 Å². The van der Waals surface area contributed by atoms with Crippen LogP contribution in [0.3, 0.4) is 0 Å². The van der Waals surface area contributed by atoms with E-state index in [4.69, 9.17) is 4.74 Å². The highest BCUT2D eigenvalue weighted by Crippen LogP contribution is 2.15. The van der Waals surface area contributed by atoms with Gasteiger partial charge in [-0.15, -0.1) is 0 Å². The minimum Gasteiger partial charge on any atom is -0.494 e. The zero-order chi connectivity index (χ0) is 17.4. The quantitative estimate of drug-likeness (QED) is 0.754. The summed E-state index contributed by atoms with van der Waals surface area (Å²) >= 11 is 0. The molecule has 1 aromatic carbocycles. The van der Waals surface area contributed by atoms with Gasteiger partial charge in [-0.1, -0.05) is 0 Å². The minimum absolute atomic E-state index is 0.0471. The van der Waals surface area contributed by atoms with Crippen molar-refractivity contribution >= 4 is 17.5 Å². The third-order valence-electron chi connectivity index (χ3n) is 3.87. The van der Waals surface area contributed by atoms with Crippen LogP contribution in [0, 0.1) is 0 Å². The van der Waals surface area contributed by atoms with Crippen molar-refractivity contribution in [3.63, 3.8) is 0 Å². The first-order valence-electron chi connectivity index (χ1n) is 8.29. The second-order valence-electron chi connectivity index (χ2n) is 5.69. The molecule has 0 bridgehead atoms. The maximum atomic E-state index is 12.1. The molecule has 1 heterocycles. The number of amides is 2. The number of piperazine rings is 1. The van der Waals surface area contributed by atoms with E-state index in [1.807, 2.05) is 36.1 Å². The highest BCUT2D eigenvalue weighted by atomic mass is 16.5. The lowest BCUT2D eigenvalue weighted by Gasteiger charge is -2.34. The Morgan fingerprint density at radius 2 is 1.79 bits per heavy atom. The van der Waals surface area contributed by atoms with E-state index < -0.39 is 0 Å². The van der Waals surface area contributed by atoms with E-state index >= 15 is 0 Å². The van der Waals surface area contributed by atoms with Gasteiger partial charge in [-0.3, -0.25) is 14.5 Å². The van der Waals surface area contributed by atoms with Crippen LogP contribution in [0.4, 0.5) is 5.69 Å². The van der Waals surface area contributed by atoms with Crippen LogP contribution in [0.5, 0.6) is 5.75 Å². The summed E-state index contributed by atoms with van der Waals surface area (Å²) in [5.41, 5.74) is 0.756. The Morgan fingerprint density at radius 3 is 2.38 bits per heavy atom. The van der Waals surface area contributed by atoms with E-state index in [2.05, 4.69) is 15.5 Å². The fourth-order valence-electron chi connectivity index (χ4n) is 2.62. The standard InChI is InChI=1S/C17H26N4O3/c1-3-24-15-6-4-14(5-7-15)19-16(22)13-20-8-10-21(11-9-20)17(23)12-18-2/h4-7,18H,3,8-13H2,1-2H3,(H,19,22). The van der Waals surface area contributed by atoms with Crippen LogP contribution in [-0.2, 0) is 9.59 Å². The average Bonchev–Trinajstić information content (AvgIpc) is 2.58. The Kier molecular flexibility index (Phi) is 7.02. The van der Waals surface area contributed by atoms with E-state index in [1.165, 1.54) is 0 Å². The first-order valence-corrected chi connectivity index (χ1v) is 8.29. The van der Waals surface area contributed by atoms with Crippen LogP contribution in [0.15, 0.2) is 24.3 Å². The number of carbonyl (C=O) groups is 2. The molecule has 7 nitrogen and oxygen atoms in total. The van der Waals surface area contributed by atoms with Crippen molar-refractivity contribution in [2.45, 2.75) is 6.92 Å². The summed E-state index contributed by atoms with van der Waals surface area (Å²) in [6.45, 7) is 6.00. The van der Waals surface area contributed by atoms with Crippen LogP contribution in [0.2, 0.25) is 0 Å². The molecule has 0 saturated carbocycles. The van der Waals surface area contributed by atoms with Crippen molar-refractivity contribution in [1.29, 1.82) is 0 Å². The third kappa shape index (κ3) is 5.50. The molecule has 24 heavy (non-hydrogen) atoms. The van der Waals surface area contributed by atoms with Crippen LogP contribution >= 0.6 is 0 Å². The molecule has 0 aliphatic carbocycles. The summed E-state index contributed by atoms with van der Waals surface area (Å²) in [7, 11) is 1.76. The molecule has 2 N–H and O–H groups in total. The molecule has 0 radical (unpaired) electrons. The van der Waals surface area contributed by atoms with Crippen molar-refractivity contribution in [3.05, 3.63) is 24.3 Å². The van der Waals surface area contributed by atoms with E-state index in [0.29, 0.717) is 45.9 Å². The SMILES string of the molecule is CCOc1ccc(NC(=O)CN2CCN(C(=O)CNC)CC2)cc1. The van der Waals surface area contributed by atoms with Gasteiger partial charge in [0, 0.05) is 31.9 Å². The monoisotopic (exact) mass is 334 g/mol. The first kappa shape index (κ1) is 18.2. The first-order chi connectivity index (χ1) is 11.6. The number of anilines is 1. The summed E-state index contributed by atoms with van der Waals surface area (Å²) in [4.78, 5) is 27.8. The Bertz CT molecular complexity index is 539. The van der Waals surface area contributed by atoms with Crippen molar-refractivity contribution < 1.29 is 14.3 Å². The molecule has 1 aliphatic rings. The Hall–Kier alpha value is -2.12. The van der Waals surface area contributed by atoms with Gasteiger partial charge in [0.1, 0.15) is 5.75 Å². The van der Waals surface area contributed by atoms with Crippen LogP contribution in [0.25, 0.3) is 0 Å². The molecule has 2 rings (SSSR count). The van der Waals surface area contributed by atoms with Crippen molar-refractivity contribution in [2.75, 3.05) is 58.2 Å². The number of nitrogens with zero attached hydrogens (tertiary/aromatic N) is 2. The van der Waals surface area contributed by atoms with Crippen molar-refractivity contribution in [2.24, 2.45) is 0 Å². The molecule has 7 heteroatoms. The molecule has 0 aromatic heterocycles. The molecular weight excluding hydrogens is 308 g/mol. The summed E-state index contributed by atoms with van der Waals surface area (Å²) in [5, 5.41) is 5.76. The largest absolute Gasteiger partial charge is 0.494 e. The molecule has 1 saturated heterocycles. The summed E-state index contributed by atoms with van der Waals surface area (Å²) in [5.74, 6) is 0.850. The second-order valence-corrected chi connectivity index (χ2v) is 5.69. The highest BCUT2D eigenvalue weighted by Gasteiger charge is 2.21. The summed E-state index contributed by atoms with van der Waals surface area (Å²) in [6, 6.07) is 7.34. The Morgan fingerprint density at radius 1 is 1.12 bits per heavy atom. The molecule has 132 valence electrons. The van der Waals surface area contributed by atoms with Crippen LogP contribution in [0.1, 0.15) is 6.92 Å². The molecule has 1 fully saturated rings. The number of nitrogens with one attached hydrogen (secondary N) is 2. The number of hydrogen-bond donors (Lipinski definition) is 2. The lowest BCUT2D eigenvalue weighted by molar-refractivity contribution is -0.132. The normalized spacial score (nSPS) is 15.2. The third-order valence-corrected chi connectivity index (χ3v) is 3.87. The molecule has 0 atom stereocenters. The van der Waals surface area contributed by atoms with Gasteiger partial charge in [0.2, 0.25) is 11.8 Å². The summed E-state index contributed by atoms with van der Waals surface area (Å²) in [6.07, 6.45) is 0. The van der Waals surface area contributed by atoms with E-state index in [-0.39, 0.29) is 11.8 Å². The molecule has 0 unspecified atom stereocenters. The fourth-order valence-corrected chi connectivity index (χ4v) is 2.62. The van der Waals surface area contributed by atoms with Gasteiger partial charge in [0.25, 0.3) is 0 Å². The number of carbonyl (C=O) groups excluding carboxylic acids is 2. The second kappa shape index (κ2) is 9.24. The number of hydrogen-bond acceptors (Lipinski definition) is 5. The Balaban J connectivity index is 1.74. The van der Waals surface area contributed by atoms with Crippen LogP contribution in [-0.4, -0.2) is 74.5 Å². The summed E-state index contributed by atoms with van der Waals surface area (Å²) < 4.78 is 5.38. The molecule has 0 spiro atoms. The van der Waals surface area contributed by atoms with Crippen molar-refractivity contribution in [3.8, 4) is 5.75 Å². The lowest BCUT2D eigenvalue weighted by Crippen LogP contribution is -2.51. The van der Waals surface area contributed by atoms with Gasteiger partial charge in [-0.25, -0.2) is 0 Å². The zero-order valence-corrected chi connectivity index (χ0v) is 14.4. The predicted octanol–water partition coefficient (Wildman–Crippen LogP) is 0.387. The van der Waals surface area contributed by atoms with Gasteiger partial charge >= 0.3 is 0 Å². The molecule has 1 aromatic rings. The average molecular weight is 334 g/mol. The molecular formula is C17H26N4O3. The highest BCUT2D eigenvalue weighted by molar-refractivity contribution is 5.92. The molecule has 1 aliphatic heterocycles. The number of likely N-dealkylation sites (N-methyl/N-ethyl adjacent to an activating group) is 1. The fraction of sp³-hybridized carbons (Fsp3) is 0.529. The maximum absolute atomic E-state index is 12.1. The van der Waals surface area contributed by atoms with Gasteiger partial charge in [0.05, 0.1) is 19.7 Å². The Labute approximate surface area is 142 Å². The van der Waals surface area contributed by atoms with Crippen molar-refractivity contribution in [1.82, 2.24) is 15.1 Å². The van der Waals surface area contributed by atoms with E-state index in [1.54, 1.807) is 7.05 Å². The number of ether oxygens (including phenoxy) is 1. The number of benzene rings is 1. The molecule has 2 amide bonds. The predicted molar refractivity (Wildman–Crippen MR) is 93.2 cm³/mol. The zero-order valence-electron chi connectivity index (χ0n) is 14.4. The van der Waals surface area contributed by atoms with Gasteiger partial charge in [-0.05, 0) is 38.2 Å². The minimum atomic E-state index is -0.0471. The van der Waals surface area contributed by atoms with Gasteiger partial charge in [0.15, 0.2) is 0 Å². The number of rotatable bonds is 7. The van der Waals surface area contributed by atoms with Gasteiger partial charge in [-0.2, -0.15) is 0 Å². The van der Waals surface area contributed by atoms with Gasteiger partial charge < -0.3 is 20.3 Å². The van der Waals surface area contributed by atoms with Crippen LogP contribution < -0.4 is 15.4 Å². The smallest absolute Gasteiger partial charge is 0.238 e.